The van der Waals surface area contributed by atoms with E-state index in [0.717, 1.165) is 43.6 Å². The number of ether oxygens (including phenoxy) is 1. The fourth-order valence-corrected chi connectivity index (χ4v) is 3.34. The largest absolute Gasteiger partial charge is 0.380 e. The van der Waals surface area contributed by atoms with E-state index in [1.54, 1.807) is 7.11 Å². The molecule has 1 atom stereocenters. The quantitative estimate of drug-likeness (QED) is 0.898. The molecule has 2 fully saturated rings. The van der Waals surface area contributed by atoms with Gasteiger partial charge in [-0.05, 0) is 43.8 Å². The first-order valence-corrected chi connectivity index (χ1v) is 7.34. The Morgan fingerprint density at radius 2 is 2.10 bits per heavy atom. The molecule has 0 radical (unpaired) electrons. The Hall–Kier alpha value is -1.10. The molecule has 0 bridgehead atoms. The summed E-state index contributed by atoms with van der Waals surface area (Å²) in [5.41, 5.74) is 2.20. The van der Waals surface area contributed by atoms with Gasteiger partial charge in [0.1, 0.15) is 0 Å². The Morgan fingerprint density at radius 3 is 2.81 bits per heavy atom. The van der Waals surface area contributed by atoms with Crippen molar-refractivity contribution in [1.29, 1.82) is 0 Å². The summed E-state index contributed by atoms with van der Waals surface area (Å²) >= 11 is 0. The number of piperidine rings is 1. The van der Waals surface area contributed by atoms with Crippen LogP contribution in [0.4, 0.5) is 5.69 Å². The van der Waals surface area contributed by atoms with E-state index >= 15 is 0 Å². The minimum absolute atomic E-state index is 0. The molecule has 1 aromatic rings. The van der Waals surface area contributed by atoms with Crippen LogP contribution in [0.1, 0.15) is 24.8 Å². The summed E-state index contributed by atoms with van der Waals surface area (Å²) in [6.45, 7) is 2.62. The van der Waals surface area contributed by atoms with Gasteiger partial charge in [0, 0.05) is 24.3 Å². The lowest BCUT2D eigenvalue weighted by Crippen LogP contribution is -2.31. The van der Waals surface area contributed by atoms with E-state index < -0.39 is 0 Å². The number of anilines is 1. The summed E-state index contributed by atoms with van der Waals surface area (Å²) < 4.78 is 5.18. The highest BCUT2D eigenvalue weighted by Gasteiger charge is 2.57. The number of hydrogen-bond donors (Lipinski definition) is 2. The van der Waals surface area contributed by atoms with Crippen molar-refractivity contribution in [2.24, 2.45) is 11.3 Å². The average Bonchev–Trinajstić information content (AvgIpc) is 3.15. The molecule has 116 valence electrons. The molecule has 2 aliphatic rings. The summed E-state index contributed by atoms with van der Waals surface area (Å²) in [6, 6.07) is 7.85. The van der Waals surface area contributed by atoms with Crippen LogP contribution in [0.3, 0.4) is 0 Å². The van der Waals surface area contributed by atoms with E-state index in [1.807, 2.05) is 24.3 Å². The zero-order valence-electron chi connectivity index (χ0n) is 12.4. The van der Waals surface area contributed by atoms with Gasteiger partial charge in [0.25, 0.3) is 0 Å². The molecule has 0 aromatic heterocycles. The number of halogens is 1. The molecule has 3 rings (SSSR count). The molecular formula is C16H23ClN2O2. The lowest BCUT2D eigenvalue weighted by atomic mass is 9.91. The molecule has 4 nitrogen and oxygen atoms in total. The molecule has 1 aliphatic carbocycles. The van der Waals surface area contributed by atoms with Gasteiger partial charge in [0.05, 0.1) is 6.61 Å². The Labute approximate surface area is 132 Å². The highest BCUT2D eigenvalue weighted by atomic mass is 35.5. The van der Waals surface area contributed by atoms with Gasteiger partial charge >= 0.3 is 0 Å². The third kappa shape index (κ3) is 3.39. The fourth-order valence-electron chi connectivity index (χ4n) is 3.34. The number of nitrogens with one attached hydrogen (secondary N) is 2. The Morgan fingerprint density at radius 1 is 1.38 bits per heavy atom. The van der Waals surface area contributed by atoms with Crippen LogP contribution in [0.15, 0.2) is 24.3 Å². The number of carbonyl (C=O) groups excluding carboxylic acids is 1. The van der Waals surface area contributed by atoms with Crippen molar-refractivity contribution >= 4 is 24.0 Å². The molecule has 2 N–H and O–H groups in total. The van der Waals surface area contributed by atoms with Crippen LogP contribution in [-0.2, 0) is 16.1 Å². The number of carbonyl (C=O) groups is 1. The second-order valence-electron chi connectivity index (χ2n) is 5.95. The summed E-state index contributed by atoms with van der Waals surface area (Å²) in [5.74, 6) is 0.371. The maximum Gasteiger partial charge on any atom is 0.228 e. The number of methoxy groups -OCH3 is 1. The van der Waals surface area contributed by atoms with Crippen LogP contribution in [0.25, 0.3) is 0 Å². The van der Waals surface area contributed by atoms with Crippen molar-refractivity contribution in [3.63, 3.8) is 0 Å². The van der Waals surface area contributed by atoms with Crippen LogP contribution < -0.4 is 10.6 Å². The Bertz CT molecular complexity index is 501. The van der Waals surface area contributed by atoms with Gasteiger partial charge in [0.15, 0.2) is 0 Å². The first kappa shape index (κ1) is 16.3. The predicted molar refractivity (Wildman–Crippen MR) is 85.7 cm³/mol. The summed E-state index contributed by atoms with van der Waals surface area (Å²) in [6.07, 6.45) is 3.31. The van der Waals surface area contributed by atoms with E-state index in [9.17, 15) is 4.79 Å². The average molecular weight is 311 g/mol. The monoisotopic (exact) mass is 310 g/mol. The molecular weight excluding hydrogens is 288 g/mol. The first-order chi connectivity index (χ1) is 9.75. The number of rotatable bonds is 4. The molecule has 1 amide bonds. The summed E-state index contributed by atoms with van der Waals surface area (Å²) in [7, 11) is 1.67. The highest BCUT2D eigenvalue weighted by Crippen LogP contribution is 2.58. The highest BCUT2D eigenvalue weighted by molar-refractivity contribution is 5.95. The Kier molecular flexibility index (Phi) is 5.25. The number of amides is 1. The van der Waals surface area contributed by atoms with Crippen molar-refractivity contribution in [2.45, 2.75) is 25.9 Å². The smallest absolute Gasteiger partial charge is 0.228 e. The standard InChI is InChI=1S/C16H22N2O2.ClH/c1-20-11-12-4-2-3-5-14(12)18-15(19)13-10-16(13)6-8-17-9-7-16;/h2-5,13,17H,6-11H2,1H3,(H,18,19);1H. The zero-order valence-corrected chi connectivity index (χ0v) is 13.2. The fraction of sp³-hybridized carbons (Fsp3) is 0.562. The van der Waals surface area contributed by atoms with Gasteiger partial charge in [-0.1, -0.05) is 18.2 Å². The van der Waals surface area contributed by atoms with E-state index in [4.69, 9.17) is 4.74 Å². The van der Waals surface area contributed by atoms with Crippen molar-refractivity contribution in [3.05, 3.63) is 29.8 Å². The van der Waals surface area contributed by atoms with Crippen LogP contribution in [0.5, 0.6) is 0 Å². The van der Waals surface area contributed by atoms with Crippen LogP contribution >= 0.6 is 12.4 Å². The molecule has 1 saturated carbocycles. The number of para-hydroxylation sites is 1. The van der Waals surface area contributed by atoms with Crippen LogP contribution in [0, 0.1) is 11.3 Å². The minimum Gasteiger partial charge on any atom is -0.380 e. The molecule has 1 spiro atoms. The van der Waals surface area contributed by atoms with Crippen molar-refractivity contribution in [3.8, 4) is 0 Å². The maximum absolute atomic E-state index is 12.4. The zero-order chi connectivity index (χ0) is 14.0. The molecule has 1 aliphatic heterocycles. The van der Waals surface area contributed by atoms with Crippen molar-refractivity contribution in [2.75, 3.05) is 25.5 Å². The molecule has 1 aromatic carbocycles. The SMILES string of the molecule is COCc1ccccc1NC(=O)C1CC12CCNCC2.Cl. The first-order valence-electron chi connectivity index (χ1n) is 7.34. The van der Waals surface area contributed by atoms with Gasteiger partial charge in [-0.25, -0.2) is 0 Å². The Balaban J connectivity index is 0.00000161. The van der Waals surface area contributed by atoms with Crippen molar-refractivity contribution < 1.29 is 9.53 Å². The van der Waals surface area contributed by atoms with Crippen LogP contribution in [0.2, 0.25) is 0 Å². The topological polar surface area (TPSA) is 50.4 Å². The van der Waals surface area contributed by atoms with Gasteiger partial charge in [0.2, 0.25) is 5.91 Å². The second kappa shape index (κ2) is 6.77. The lowest BCUT2D eigenvalue weighted by molar-refractivity contribution is -0.118. The molecule has 21 heavy (non-hydrogen) atoms. The lowest BCUT2D eigenvalue weighted by Gasteiger charge is -2.23. The van der Waals surface area contributed by atoms with E-state index in [-0.39, 0.29) is 29.6 Å². The third-order valence-electron chi connectivity index (χ3n) is 4.68. The van der Waals surface area contributed by atoms with E-state index in [1.165, 1.54) is 0 Å². The van der Waals surface area contributed by atoms with E-state index in [2.05, 4.69) is 10.6 Å². The van der Waals surface area contributed by atoms with Gasteiger partial charge in [-0.3, -0.25) is 4.79 Å². The molecule has 5 heteroatoms. The molecule has 1 heterocycles. The molecule has 1 unspecified atom stereocenters. The minimum atomic E-state index is 0. The van der Waals surface area contributed by atoms with Crippen LogP contribution in [-0.4, -0.2) is 26.1 Å². The van der Waals surface area contributed by atoms with E-state index in [0.29, 0.717) is 6.61 Å². The predicted octanol–water partition coefficient (Wildman–Crippen LogP) is 2.58. The normalized spacial score (nSPS) is 22.4. The number of benzene rings is 1. The second-order valence-corrected chi connectivity index (χ2v) is 5.95. The summed E-state index contributed by atoms with van der Waals surface area (Å²) in [5, 5.41) is 6.46. The van der Waals surface area contributed by atoms with Crippen molar-refractivity contribution in [1.82, 2.24) is 5.32 Å². The van der Waals surface area contributed by atoms with Gasteiger partial charge < -0.3 is 15.4 Å². The van der Waals surface area contributed by atoms with Gasteiger partial charge in [-0.2, -0.15) is 0 Å². The van der Waals surface area contributed by atoms with Gasteiger partial charge in [-0.15, -0.1) is 12.4 Å². The third-order valence-corrected chi connectivity index (χ3v) is 4.68. The summed E-state index contributed by atoms with van der Waals surface area (Å²) in [4.78, 5) is 12.4. The molecule has 1 saturated heterocycles. The maximum atomic E-state index is 12.4. The number of hydrogen-bond acceptors (Lipinski definition) is 3.